The van der Waals surface area contributed by atoms with Gasteiger partial charge in [0.25, 0.3) is 0 Å². The summed E-state index contributed by atoms with van der Waals surface area (Å²) in [5.74, 6) is -3.73. The van der Waals surface area contributed by atoms with Crippen LogP contribution in [-0.2, 0) is 60.7 Å². The fourth-order valence-electron chi connectivity index (χ4n) is 8.64. The molecule has 31 heteroatoms. The van der Waals surface area contributed by atoms with Crippen LogP contribution in [0.5, 0.6) is 17.2 Å². The second kappa shape index (κ2) is 50.2. The zero-order chi connectivity index (χ0) is 73.9. The van der Waals surface area contributed by atoms with Crippen LogP contribution in [0.4, 0.5) is 0 Å². The Morgan fingerprint density at radius 2 is 1.15 bits per heavy atom. The third kappa shape index (κ3) is 42.7. The first-order chi connectivity index (χ1) is 44.1. The summed E-state index contributed by atoms with van der Waals surface area (Å²) >= 11 is 3.65. The summed E-state index contributed by atoms with van der Waals surface area (Å²) in [4.78, 5) is 94.6. The standard InChI is InChI=1S/C31H53NO3.C15H22N2O4.C9H19N5O4.C4H7NO4.C3H7NO2S.C2H5NO2/c1-21(2)12-9-13-22(3)14-10-15-23(4)16-11-18-31(8)19-17-27-26(7)29(34-28(33)20-32)24(5)25(6)30(27)35-31;1-3-9(2)13(17)15(20)21-11-6-4-10(5-7-11)8-12(16)14(18)19;10-5(2-1-3-14-9(12)13)8(17)18-4-6(11)7(15)16;5-2(4(8)9)1-3(6)7;4-2(1-7)3(5)6;3-1-2(4)5/h21-23H,9-20,32H2,1-8H3;4-7,9,12-13H,3,8,16-17H2,1-2H3,(H,18,19);5-6H,1-4,10-11H2,(H,15,16)(H4,12,13,14);2H,1,5H2,(H,6,7)(H,8,9);2,7H,1,4H2,(H,5,6);1,3H2,(H,4,5)/t;9-,12-,13-;5-,6-;2*2-;/m.0000./s1. The number of nitrogens with one attached hydrogen (secondary N) is 2. The molecule has 1 aliphatic heterocycles. The highest BCUT2D eigenvalue weighted by molar-refractivity contribution is 7.80. The first kappa shape index (κ1) is 92.0. The van der Waals surface area contributed by atoms with Crippen molar-refractivity contribution in [2.75, 3.05) is 32.0 Å². The second-order valence-corrected chi connectivity index (χ2v) is 24.5. The number of carboxylic acids is 6. The van der Waals surface area contributed by atoms with Crippen molar-refractivity contribution >= 4 is 72.3 Å². The van der Waals surface area contributed by atoms with Crippen LogP contribution in [0.15, 0.2) is 24.3 Å². The minimum absolute atomic E-state index is 0.0466. The van der Waals surface area contributed by atoms with Crippen LogP contribution in [0.2, 0.25) is 0 Å². The van der Waals surface area contributed by atoms with Crippen LogP contribution in [0.3, 0.4) is 0 Å². The summed E-state index contributed by atoms with van der Waals surface area (Å²) < 4.78 is 22.1. The van der Waals surface area contributed by atoms with Crippen molar-refractivity contribution in [1.29, 1.82) is 5.41 Å². The van der Waals surface area contributed by atoms with E-state index in [0.717, 1.165) is 71.4 Å². The molecule has 30 nitrogen and oxygen atoms in total. The van der Waals surface area contributed by atoms with E-state index in [9.17, 15) is 43.2 Å². The maximum atomic E-state index is 11.8. The molecule has 0 saturated heterocycles. The summed E-state index contributed by atoms with van der Waals surface area (Å²) in [6, 6.07) is 0.759. The number of benzene rings is 2. The number of carboxylic acid groups (broad SMARTS) is 6. The zero-order valence-corrected chi connectivity index (χ0v) is 58.0. The van der Waals surface area contributed by atoms with Crippen molar-refractivity contribution in [3.63, 3.8) is 0 Å². The van der Waals surface area contributed by atoms with Gasteiger partial charge in [-0.3, -0.25) is 43.8 Å². The number of esters is 3. The van der Waals surface area contributed by atoms with E-state index >= 15 is 0 Å². The van der Waals surface area contributed by atoms with Crippen molar-refractivity contribution in [3.8, 4) is 17.2 Å². The summed E-state index contributed by atoms with van der Waals surface area (Å²) in [5.41, 5.74) is 51.7. The van der Waals surface area contributed by atoms with Crippen LogP contribution >= 0.6 is 12.6 Å². The van der Waals surface area contributed by atoms with E-state index in [1.165, 1.54) is 56.9 Å². The Morgan fingerprint density at radius 3 is 1.57 bits per heavy atom. The monoisotopic (exact) mass is 1370 g/mol. The number of ether oxygens (including phenoxy) is 4. The molecule has 26 N–H and O–H groups in total. The van der Waals surface area contributed by atoms with Crippen molar-refractivity contribution < 1.29 is 92.7 Å². The van der Waals surface area contributed by atoms with Gasteiger partial charge >= 0.3 is 53.7 Å². The molecule has 0 amide bonds. The molecule has 2 aromatic carbocycles. The number of carbonyl (C=O) groups excluding carboxylic acids is 3. The highest BCUT2D eigenvalue weighted by atomic mass is 32.1. The topological polar surface area (TPSA) is 582 Å². The van der Waals surface area contributed by atoms with Crippen LogP contribution in [0.1, 0.15) is 166 Å². The van der Waals surface area contributed by atoms with Gasteiger partial charge in [0.1, 0.15) is 65.7 Å². The average molecular weight is 1370 g/mol. The van der Waals surface area contributed by atoms with Gasteiger partial charge in [-0.1, -0.05) is 105 Å². The maximum absolute atomic E-state index is 11.8. The van der Waals surface area contributed by atoms with Crippen molar-refractivity contribution in [1.82, 2.24) is 5.32 Å². The first-order valence-corrected chi connectivity index (χ1v) is 32.2. The largest absolute Gasteiger partial charge is 0.487 e. The number of carbonyl (C=O) groups is 9. The molecule has 95 heavy (non-hydrogen) atoms. The number of guanidine groups is 1. The Morgan fingerprint density at radius 1 is 0.642 bits per heavy atom. The molecular formula is C64H113N11O19S. The summed E-state index contributed by atoms with van der Waals surface area (Å²) in [5, 5.41) is 58.3. The molecule has 3 unspecified atom stereocenters. The van der Waals surface area contributed by atoms with E-state index in [2.05, 4.69) is 70.0 Å². The average Bonchev–Trinajstić information content (AvgIpc) is 0.762. The molecule has 10 atom stereocenters. The van der Waals surface area contributed by atoms with Gasteiger partial charge in [0.05, 0.1) is 19.5 Å². The molecule has 0 fully saturated rings. The number of hydrogen-bond donors (Lipinski definition) is 18. The van der Waals surface area contributed by atoms with Crippen LogP contribution < -0.4 is 71.1 Å². The third-order valence-corrected chi connectivity index (χ3v) is 15.5. The van der Waals surface area contributed by atoms with Crippen molar-refractivity contribution in [2.45, 2.75) is 214 Å². The lowest BCUT2D eigenvalue weighted by Gasteiger charge is -2.38. The molecule has 544 valence electrons. The van der Waals surface area contributed by atoms with Gasteiger partial charge < -0.3 is 107 Å². The fourth-order valence-corrected chi connectivity index (χ4v) is 8.80. The molecule has 0 saturated carbocycles. The lowest BCUT2D eigenvalue weighted by atomic mass is 9.83. The van der Waals surface area contributed by atoms with Crippen LogP contribution in [-0.4, -0.2) is 164 Å². The van der Waals surface area contributed by atoms with Crippen LogP contribution in [0.25, 0.3) is 0 Å². The van der Waals surface area contributed by atoms with Gasteiger partial charge in [0.15, 0.2) is 5.96 Å². The normalized spacial score (nSPS) is 15.5. The summed E-state index contributed by atoms with van der Waals surface area (Å²) in [6.45, 7) is 21.4. The molecule has 0 bridgehead atoms. The van der Waals surface area contributed by atoms with Crippen molar-refractivity contribution in [3.05, 3.63) is 52.1 Å². The molecule has 0 radical (unpaired) electrons. The van der Waals surface area contributed by atoms with Gasteiger partial charge in [0.2, 0.25) is 0 Å². The molecule has 1 heterocycles. The number of rotatable bonds is 35. The number of fused-ring (bicyclic) bond motifs is 1. The second-order valence-electron chi connectivity index (χ2n) is 24.2. The predicted molar refractivity (Wildman–Crippen MR) is 364 cm³/mol. The Kier molecular flexibility index (Phi) is 48.6. The Balaban J connectivity index is -0.00000121. The van der Waals surface area contributed by atoms with E-state index in [1.54, 1.807) is 24.3 Å². The number of thiol groups is 1. The third-order valence-electron chi connectivity index (χ3n) is 15.1. The molecule has 0 spiro atoms. The highest BCUT2D eigenvalue weighted by Gasteiger charge is 2.35. The molecular weight excluding hydrogens is 1260 g/mol. The van der Waals surface area contributed by atoms with Crippen LogP contribution in [0, 0.1) is 49.9 Å². The van der Waals surface area contributed by atoms with Gasteiger partial charge in [-0.25, -0.2) is 4.79 Å². The highest BCUT2D eigenvalue weighted by Crippen LogP contribution is 2.45. The van der Waals surface area contributed by atoms with E-state index < -0.39 is 103 Å². The fraction of sp³-hybridized carbons (Fsp3) is 0.656. The zero-order valence-electron chi connectivity index (χ0n) is 57.1. The lowest BCUT2D eigenvalue weighted by molar-refractivity contribution is -0.149. The minimum Gasteiger partial charge on any atom is -0.487 e. The number of nitrogens with two attached hydrogens (primary N) is 9. The minimum atomic E-state index is -1.29. The predicted octanol–water partition coefficient (Wildman–Crippen LogP) is 3.68. The van der Waals surface area contributed by atoms with Crippen molar-refractivity contribution in [2.24, 2.45) is 75.3 Å². The van der Waals surface area contributed by atoms with Gasteiger partial charge in [-0.05, 0) is 131 Å². The number of hydrogen-bond acceptors (Lipinski definition) is 23. The lowest BCUT2D eigenvalue weighted by Crippen LogP contribution is -2.40. The number of aliphatic carboxylic acids is 6. The molecule has 3 rings (SSSR count). The smallest absolute Gasteiger partial charge is 0.328 e. The van der Waals surface area contributed by atoms with E-state index in [1.807, 2.05) is 27.7 Å². The summed E-state index contributed by atoms with van der Waals surface area (Å²) in [7, 11) is 0. The quantitative estimate of drug-likeness (QED) is 0.0117. The van der Waals surface area contributed by atoms with Gasteiger partial charge in [-0.2, -0.15) is 12.6 Å². The molecule has 1 aliphatic rings. The SMILES string of the molecule is CC[C@H](C)[C@H](N)C(=O)Oc1ccc(C[C@H](N)C(=O)O)cc1.Cc1c(C)c2c(c(C)c1OC(=O)CN)CCC(C)(CCCC(C)CCCC(C)CCCC(C)C)O2.N=C(N)NCCC[C@H](N)C(=O)OC[C@H](N)C(=O)O.NCC(=O)O.N[C@@H](CC(=O)O)C(=O)O.N[C@@H](CS)C(=O)O. The molecule has 0 aliphatic carbocycles. The van der Waals surface area contributed by atoms with Gasteiger partial charge in [0, 0.05) is 17.9 Å². The molecule has 0 aromatic heterocycles. The van der Waals surface area contributed by atoms with E-state index in [-0.39, 0.29) is 42.7 Å². The Labute approximate surface area is 564 Å². The first-order valence-electron chi connectivity index (χ1n) is 31.6. The maximum Gasteiger partial charge on any atom is 0.328 e. The van der Waals surface area contributed by atoms with Gasteiger partial charge in [-0.15, -0.1) is 0 Å². The molecule has 2 aromatic rings. The summed E-state index contributed by atoms with van der Waals surface area (Å²) in [6.07, 6.45) is 15.1. The van der Waals surface area contributed by atoms with E-state index in [4.69, 9.17) is 96.1 Å². The van der Waals surface area contributed by atoms with E-state index in [0.29, 0.717) is 30.9 Å². The Hall–Kier alpha value is -7.23. The Bertz CT molecular complexity index is 2680.